The third kappa shape index (κ3) is 2.70. The molecule has 5 heteroatoms. The summed E-state index contributed by atoms with van der Waals surface area (Å²) < 4.78 is 0. The number of rotatable bonds is 1. The van der Waals surface area contributed by atoms with Crippen LogP contribution in [-0.2, 0) is 9.59 Å². The van der Waals surface area contributed by atoms with Crippen molar-refractivity contribution in [2.75, 3.05) is 33.2 Å². The fourth-order valence-corrected chi connectivity index (χ4v) is 1.58. The SMILES string of the molecule is CNC(=O)C1CNCCN(C(C)=O)C1. The van der Waals surface area contributed by atoms with Gasteiger partial charge in [0.15, 0.2) is 0 Å². The van der Waals surface area contributed by atoms with E-state index in [-0.39, 0.29) is 17.7 Å². The average Bonchev–Trinajstić information content (AvgIpc) is 2.41. The van der Waals surface area contributed by atoms with Gasteiger partial charge in [0.05, 0.1) is 5.92 Å². The van der Waals surface area contributed by atoms with Gasteiger partial charge in [-0.25, -0.2) is 0 Å². The molecule has 0 aromatic heterocycles. The van der Waals surface area contributed by atoms with Crippen LogP contribution in [-0.4, -0.2) is 49.9 Å². The van der Waals surface area contributed by atoms with E-state index in [4.69, 9.17) is 0 Å². The maximum Gasteiger partial charge on any atom is 0.225 e. The predicted octanol–water partition coefficient (Wildman–Crippen LogP) is -1.20. The van der Waals surface area contributed by atoms with E-state index in [0.29, 0.717) is 19.6 Å². The van der Waals surface area contributed by atoms with Gasteiger partial charge < -0.3 is 15.5 Å². The summed E-state index contributed by atoms with van der Waals surface area (Å²) in [6.45, 7) is 4.13. The van der Waals surface area contributed by atoms with Crippen molar-refractivity contribution in [3.05, 3.63) is 0 Å². The molecule has 0 radical (unpaired) electrons. The van der Waals surface area contributed by atoms with Gasteiger partial charge in [-0.2, -0.15) is 0 Å². The normalized spacial score (nSPS) is 22.7. The first-order valence-electron chi connectivity index (χ1n) is 4.83. The third-order valence-corrected chi connectivity index (χ3v) is 2.45. The molecule has 1 saturated heterocycles. The largest absolute Gasteiger partial charge is 0.359 e. The summed E-state index contributed by atoms with van der Waals surface area (Å²) in [5.41, 5.74) is 0. The topological polar surface area (TPSA) is 61.4 Å². The van der Waals surface area contributed by atoms with Gasteiger partial charge in [0.1, 0.15) is 0 Å². The first-order chi connectivity index (χ1) is 6.65. The highest BCUT2D eigenvalue weighted by atomic mass is 16.2. The molecule has 0 aliphatic carbocycles. The van der Waals surface area contributed by atoms with Crippen LogP contribution in [0, 0.1) is 5.92 Å². The zero-order valence-corrected chi connectivity index (χ0v) is 8.67. The standard InChI is InChI=1S/C9H17N3O2/c1-7(13)12-4-3-11-5-8(6-12)9(14)10-2/h8,11H,3-6H2,1-2H3,(H,10,14). The lowest BCUT2D eigenvalue weighted by atomic mass is 10.1. The minimum atomic E-state index is -0.133. The highest BCUT2D eigenvalue weighted by molar-refractivity contribution is 5.80. The highest BCUT2D eigenvalue weighted by Gasteiger charge is 2.24. The molecule has 1 atom stereocenters. The average molecular weight is 199 g/mol. The van der Waals surface area contributed by atoms with Crippen molar-refractivity contribution >= 4 is 11.8 Å². The van der Waals surface area contributed by atoms with E-state index in [0.717, 1.165) is 6.54 Å². The van der Waals surface area contributed by atoms with Crippen molar-refractivity contribution in [3.63, 3.8) is 0 Å². The van der Waals surface area contributed by atoms with Crippen LogP contribution in [0.3, 0.4) is 0 Å². The molecule has 1 aliphatic heterocycles. The monoisotopic (exact) mass is 199 g/mol. The summed E-state index contributed by atoms with van der Waals surface area (Å²) in [5.74, 6) is -0.111. The molecule has 14 heavy (non-hydrogen) atoms. The van der Waals surface area contributed by atoms with Crippen LogP contribution in [0.2, 0.25) is 0 Å². The van der Waals surface area contributed by atoms with E-state index in [9.17, 15) is 9.59 Å². The quantitative estimate of drug-likeness (QED) is 0.557. The summed E-state index contributed by atoms with van der Waals surface area (Å²) in [6, 6.07) is 0. The summed E-state index contributed by atoms with van der Waals surface area (Å²) >= 11 is 0. The number of nitrogens with one attached hydrogen (secondary N) is 2. The number of carbonyl (C=O) groups is 2. The Balaban J connectivity index is 2.59. The summed E-state index contributed by atoms with van der Waals surface area (Å²) in [7, 11) is 1.62. The molecule has 0 bridgehead atoms. The Morgan fingerprint density at radius 1 is 1.50 bits per heavy atom. The number of hydrogen-bond donors (Lipinski definition) is 2. The molecule has 1 unspecified atom stereocenters. The van der Waals surface area contributed by atoms with Crippen molar-refractivity contribution in [3.8, 4) is 0 Å². The second-order valence-corrected chi connectivity index (χ2v) is 3.48. The molecule has 80 valence electrons. The Morgan fingerprint density at radius 2 is 2.21 bits per heavy atom. The van der Waals surface area contributed by atoms with Crippen molar-refractivity contribution in [1.82, 2.24) is 15.5 Å². The number of amides is 2. The fraction of sp³-hybridized carbons (Fsp3) is 0.778. The lowest BCUT2D eigenvalue weighted by molar-refractivity contribution is -0.130. The molecule has 1 fully saturated rings. The van der Waals surface area contributed by atoms with Gasteiger partial charge in [-0.15, -0.1) is 0 Å². The maximum atomic E-state index is 11.4. The van der Waals surface area contributed by atoms with Crippen LogP contribution in [0.25, 0.3) is 0 Å². The zero-order chi connectivity index (χ0) is 10.6. The Kier molecular flexibility index (Phi) is 3.88. The van der Waals surface area contributed by atoms with Crippen LogP contribution in [0.4, 0.5) is 0 Å². The van der Waals surface area contributed by atoms with E-state index in [1.165, 1.54) is 6.92 Å². The molecular weight excluding hydrogens is 182 g/mol. The van der Waals surface area contributed by atoms with Gasteiger partial charge in [0.25, 0.3) is 0 Å². The molecule has 2 amide bonds. The zero-order valence-electron chi connectivity index (χ0n) is 8.67. The van der Waals surface area contributed by atoms with Crippen LogP contribution in [0.1, 0.15) is 6.92 Å². The van der Waals surface area contributed by atoms with Crippen molar-refractivity contribution < 1.29 is 9.59 Å². The minimum Gasteiger partial charge on any atom is -0.359 e. The molecule has 5 nitrogen and oxygen atoms in total. The maximum absolute atomic E-state index is 11.4. The summed E-state index contributed by atoms with van der Waals surface area (Å²) in [6.07, 6.45) is 0. The number of nitrogens with zero attached hydrogens (tertiary/aromatic N) is 1. The fourth-order valence-electron chi connectivity index (χ4n) is 1.58. The van der Waals surface area contributed by atoms with Gasteiger partial charge in [-0.05, 0) is 0 Å². The molecule has 0 aromatic carbocycles. The lowest BCUT2D eigenvalue weighted by Crippen LogP contribution is -2.40. The summed E-state index contributed by atoms with van der Waals surface area (Å²) in [5, 5.41) is 5.75. The van der Waals surface area contributed by atoms with Gasteiger partial charge >= 0.3 is 0 Å². The molecule has 1 aliphatic rings. The van der Waals surface area contributed by atoms with Crippen LogP contribution >= 0.6 is 0 Å². The van der Waals surface area contributed by atoms with Gasteiger partial charge in [0, 0.05) is 40.2 Å². The first-order valence-corrected chi connectivity index (χ1v) is 4.83. The molecular formula is C9H17N3O2. The van der Waals surface area contributed by atoms with E-state index in [1.807, 2.05) is 0 Å². The minimum absolute atomic E-state index is 0.00866. The molecule has 0 saturated carbocycles. The van der Waals surface area contributed by atoms with Crippen molar-refractivity contribution in [2.24, 2.45) is 5.92 Å². The van der Waals surface area contributed by atoms with Crippen LogP contribution in [0.15, 0.2) is 0 Å². The molecule has 1 rings (SSSR count). The molecule has 2 N–H and O–H groups in total. The van der Waals surface area contributed by atoms with E-state index >= 15 is 0 Å². The Hall–Kier alpha value is -1.10. The second-order valence-electron chi connectivity index (χ2n) is 3.48. The lowest BCUT2D eigenvalue weighted by Gasteiger charge is -2.21. The van der Waals surface area contributed by atoms with E-state index in [2.05, 4.69) is 10.6 Å². The smallest absolute Gasteiger partial charge is 0.225 e. The number of carbonyl (C=O) groups excluding carboxylic acids is 2. The third-order valence-electron chi connectivity index (χ3n) is 2.45. The molecule has 1 heterocycles. The Labute approximate surface area is 83.8 Å². The summed E-state index contributed by atoms with van der Waals surface area (Å²) in [4.78, 5) is 24.3. The van der Waals surface area contributed by atoms with Crippen LogP contribution < -0.4 is 10.6 Å². The molecule has 0 aromatic rings. The highest BCUT2D eigenvalue weighted by Crippen LogP contribution is 2.03. The van der Waals surface area contributed by atoms with Crippen molar-refractivity contribution in [2.45, 2.75) is 6.92 Å². The van der Waals surface area contributed by atoms with E-state index < -0.39 is 0 Å². The number of hydrogen-bond acceptors (Lipinski definition) is 3. The van der Waals surface area contributed by atoms with Crippen molar-refractivity contribution in [1.29, 1.82) is 0 Å². The van der Waals surface area contributed by atoms with Gasteiger partial charge in [-0.3, -0.25) is 9.59 Å². The van der Waals surface area contributed by atoms with E-state index in [1.54, 1.807) is 11.9 Å². The first kappa shape index (κ1) is 11.0. The van der Waals surface area contributed by atoms with Gasteiger partial charge in [-0.1, -0.05) is 0 Å². The molecule has 0 spiro atoms. The second kappa shape index (κ2) is 4.95. The predicted molar refractivity (Wildman–Crippen MR) is 52.7 cm³/mol. The van der Waals surface area contributed by atoms with Crippen LogP contribution in [0.5, 0.6) is 0 Å². The van der Waals surface area contributed by atoms with Gasteiger partial charge in [0.2, 0.25) is 11.8 Å². The Bertz CT molecular complexity index is 230. The Morgan fingerprint density at radius 3 is 2.79 bits per heavy atom.